The number of nitrogens with one attached hydrogen (secondary N) is 1. The summed E-state index contributed by atoms with van der Waals surface area (Å²) in [7, 11) is 0. The minimum atomic E-state index is -0.151. The van der Waals surface area contributed by atoms with Gasteiger partial charge in [0.1, 0.15) is 0 Å². The zero-order chi connectivity index (χ0) is 18.8. The maximum atomic E-state index is 13.1. The Morgan fingerprint density at radius 3 is 2.44 bits per heavy atom. The van der Waals surface area contributed by atoms with Gasteiger partial charge in [-0.15, -0.1) is 0 Å². The number of benzene rings is 3. The summed E-state index contributed by atoms with van der Waals surface area (Å²) in [6.07, 6.45) is 0. The van der Waals surface area contributed by atoms with Gasteiger partial charge in [0.15, 0.2) is 0 Å². The number of aromatic nitrogens is 1. The molecule has 1 aromatic heterocycles. The Morgan fingerprint density at radius 1 is 0.889 bits per heavy atom. The fourth-order valence-corrected chi connectivity index (χ4v) is 3.57. The van der Waals surface area contributed by atoms with Crippen molar-refractivity contribution in [2.75, 3.05) is 5.32 Å². The molecule has 1 heterocycles. The number of anilines is 1. The fourth-order valence-electron chi connectivity index (χ4n) is 3.12. The molecule has 132 valence electrons. The van der Waals surface area contributed by atoms with Crippen LogP contribution < -0.4 is 5.32 Å². The van der Waals surface area contributed by atoms with Gasteiger partial charge in [-0.1, -0.05) is 64.5 Å². The van der Waals surface area contributed by atoms with Gasteiger partial charge in [-0.05, 0) is 48.4 Å². The van der Waals surface area contributed by atoms with Crippen LogP contribution in [-0.2, 0) is 0 Å². The number of halogens is 1. The van der Waals surface area contributed by atoms with Crippen molar-refractivity contribution < 1.29 is 4.79 Å². The lowest BCUT2D eigenvalue weighted by Gasteiger charge is -2.13. The van der Waals surface area contributed by atoms with E-state index in [1.165, 1.54) is 0 Å². The smallest absolute Gasteiger partial charge is 0.256 e. The summed E-state index contributed by atoms with van der Waals surface area (Å²) in [5.41, 5.74) is 4.92. The first-order chi connectivity index (χ1) is 13.1. The molecule has 3 nitrogen and oxygen atoms in total. The quantitative estimate of drug-likeness (QED) is 0.430. The van der Waals surface area contributed by atoms with E-state index in [0.29, 0.717) is 11.3 Å². The molecule has 0 aliphatic rings. The van der Waals surface area contributed by atoms with Crippen LogP contribution in [0, 0.1) is 6.92 Å². The summed E-state index contributed by atoms with van der Waals surface area (Å²) in [5, 5.41) is 4.01. The van der Waals surface area contributed by atoms with E-state index in [9.17, 15) is 4.79 Å². The number of carbonyl (C=O) groups excluding carboxylic acids is 1. The lowest BCUT2D eigenvalue weighted by Crippen LogP contribution is -2.13. The molecule has 0 saturated heterocycles. The molecule has 0 fully saturated rings. The van der Waals surface area contributed by atoms with Crippen LogP contribution in [0.5, 0.6) is 0 Å². The molecule has 0 radical (unpaired) electrons. The van der Waals surface area contributed by atoms with Gasteiger partial charge >= 0.3 is 0 Å². The first kappa shape index (κ1) is 17.4. The van der Waals surface area contributed by atoms with Crippen LogP contribution in [0.25, 0.3) is 22.0 Å². The topological polar surface area (TPSA) is 42.0 Å². The van der Waals surface area contributed by atoms with E-state index in [0.717, 1.165) is 32.2 Å². The second-order valence-corrected chi connectivity index (χ2v) is 7.16. The second kappa shape index (κ2) is 7.33. The van der Waals surface area contributed by atoms with E-state index in [4.69, 9.17) is 0 Å². The molecular weight excluding hydrogens is 400 g/mol. The molecular formula is C23H17BrN2O. The van der Waals surface area contributed by atoms with Crippen molar-refractivity contribution in [3.8, 4) is 11.1 Å². The molecule has 4 heteroatoms. The third-order valence-corrected chi connectivity index (χ3v) is 5.14. The lowest BCUT2D eigenvalue weighted by molar-refractivity contribution is 0.102. The molecule has 4 aromatic rings. The van der Waals surface area contributed by atoms with Crippen molar-refractivity contribution >= 4 is 38.4 Å². The van der Waals surface area contributed by atoms with Crippen LogP contribution in [0.3, 0.4) is 0 Å². The maximum absolute atomic E-state index is 13.1. The van der Waals surface area contributed by atoms with Gasteiger partial charge in [0.25, 0.3) is 5.91 Å². The van der Waals surface area contributed by atoms with Crippen molar-refractivity contribution in [2.24, 2.45) is 0 Å². The van der Waals surface area contributed by atoms with Gasteiger partial charge in [0.2, 0.25) is 0 Å². The number of hydrogen-bond acceptors (Lipinski definition) is 2. The second-order valence-electron chi connectivity index (χ2n) is 6.31. The Kier molecular flexibility index (Phi) is 4.73. The number of hydrogen-bond donors (Lipinski definition) is 1. The number of rotatable bonds is 3. The summed E-state index contributed by atoms with van der Waals surface area (Å²) in [5.74, 6) is -0.151. The molecule has 4 rings (SSSR count). The average Bonchev–Trinajstić information content (AvgIpc) is 2.70. The van der Waals surface area contributed by atoms with E-state index in [1.807, 2.05) is 85.8 Å². The van der Waals surface area contributed by atoms with Crippen LogP contribution in [0.2, 0.25) is 0 Å². The molecule has 0 atom stereocenters. The average molecular weight is 417 g/mol. The van der Waals surface area contributed by atoms with E-state index in [-0.39, 0.29) is 5.91 Å². The molecule has 3 aromatic carbocycles. The monoisotopic (exact) mass is 416 g/mol. The van der Waals surface area contributed by atoms with Gasteiger partial charge in [-0.3, -0.25) is 9.78 Å². The number of carbonyl (C=O) groups is 1. The highest BCUT2D eigenvalue weighted by Gasteiger charge is 2.15. The van der Waals surface area contributed by atoms with E-state index >= 15 is 0 Å². The third-order valence-electron chi connectivity index (χ3n) is 4.45. The predicted octanol–water partition coefficient (Wildman–Crippen LogP) is 6.23. The highest BCUT2D eigenvalue weighted by Crippen LogP contribution is 2.30. The van der Waals surface area contributed by atoms with Crippen molar-refractivity contribution in [3.05, 3.63) is 94.6 Å². The molecule has 0 unspecified atom stereocenters. The molecule has 0 saturated carbocycles. The first-order valence-electron chi connectivity index (χ1n) is 8.65. The standard InChI is InChI=1S/C23H17BrN2O/c1-15-11-12-19-20(24)13-14-21(22(19)25-15)26-23(27)18-10-6-5-9-17(18)16-7-3-2-4-8-16/h2-14H,1H3,(H,26,27). The number of nitrogens with zero attached hydrogens (tertiary/aromatic N) is 1. The van der Waals surface area contributed by atoms with Crippen LogP contribution in [0.4, 0.5) is 5.69 Å². The van der Waals surface area contributed by atoms with Crippen molar-refractivity contribution in [2.45, 2.75) is 6.92 Å². The maximum Gasteiger partial charge on any atom is 0.256 e. The molecule has 1 N–H and O–H groups in total. The summed E-state index contributed by atoms with van der Waals surface area (Å²) in [4.78, 5) is 17.7. The number of fused-ring (bicyclic) bond motifs is 1. The van der Waals surface area contributed by atoms with Gasteiger partial charge in [0, 0.05) is 21.1 Å². The Labute approximate surface area is 166 Å². The van der Waals surface area contributed by atoms with Gasteiger partial charge in [0.05, 0.1) is 11.2 Å². The molecule has 27 heavy (non-hydrogen) atoms. The lowest BCUT2D eigenvalue weighted by atomic mass is 9.99. The Morgan fingerprint density at radius 2 is 1.63 bits per heavy atom. The fraction of sp³-hybridized carbons (Fsp3) is 0.0435. The molecule has 0 spiro atoms. The third kappa shape index (κ3) is 3.49. The summed E-state index contributed by atoms with van der Waals surface area (Å²) in [6, 6.07) is 25.3. The highest BCUT2D eigenvalue weighted by molar-refractivity contribution is 9.10. The van der Waals surface area contributed by atoms with E-state index < -0.39 is 0 Å². The Hall–Kier alpha value is -2.98. The van der Waals surface area contributed by atoms with Crippen LogP contribution in [-0.4, -0.2) is 10.9 Å². The normalized spacial score (nSPS) is 10.7. The van der Waals surface area contributed by atoms with Crippen molar-refractivity contribution in [1.82, 2.24) is 4.98 Å². The van der Waals surface area contributed by atoms with Crippen LogP contribution in [0.1, 0.15) is 16.1 Å². The van der Waals surface area contributed by atoms with Gasteiger partial charge in [-0.25, -0.2) is 0 Å². The predicted molar refractivity (Wildman–Crippen MR) is 114 cm³/mol. The SMILES string of the molecule is Cc1ccc2c(Br)ccc(NC(=O)c3ccccc3-c3ccccc3)c2n1. The minimum Gasteiger partial charge on any atom is -0.320 e. The summed E-state index contributed by atoms with van der Waals surface area (Å²) in [6.45, 7) is 1.94. The molecule has 0 bridgehead atoms. The number of pyridine rings is 1. The molecule has 0 aliphatic carbocycles. The zero-order valence-electron chi connectivity index (χ0n) is 14.7. The highest BCUT2D eigenvalue weighted by atomic mass is 79.9. The molecule has 0 aliphatic heterocycles. The van der Waals surface area contributed by atoms with Crippen molar-refractivity contribution in [1.29, 1.82) is 0 Å². The van der Waals surface area contributed by atoms with Crippen molar-refractivity contribution in [3.63, 3.8) is 0 Å². The summed E-state index contributed by atoms with van der Waals surface area (Å²) < 4.78 is 0.952. The van der Waals surface area contributed by atoms with Crippen LogP contribution in [0.15, 0.2) is 83.3 Å². The zero-order valence-corrected chi connectivity index (χ0v) is 16.3. The number of amides is 1. The Balaban J connectivity index is 1.76. The first-order valence-corrected chi connectivity index (χ1v) is 9.44. The largest absolute Gasteiger partial charge is 0.320 e. The molecule has 1 amide bonds. The minimum absolute atomic E-state index is 0.151. The van der Waals surface area contributed by atoms with E-state index in [2.05, 4.69) is 26.2 Å². The van der Waals surface area contributed by atoms with E-state index in [1.54, 1.807) is 0 Å². The van der Waals surface area contributed by atoms with Crippen LogP contribution >= 0.6 is 15.9 Å². The van der Waals surface area contributed by atoms with Gasteiger partial charge in [-0.2, -0.15) is 0 Å². The Bertz CT molecular complexity index is 1140. The summed E-state index contributed by atoms with van der Waals surface area (Å²) >= 11 is 3.56. The van der Waals surface area contributed by atoms with Gasteiger partial charge < -0.3 is 5.32 Å². The number of aryl methyl sites for hydroxylation is 1.